The average Bonchev–Trinajstić information content (AvgIpc) is 3.05. The van der Waals surface area contributed by atoms with E-state index in [2.05, 4.69) is 9.82 Å². The van der Waals surface area contributed by atoms with Crippen LogP contribution in [-0.2, 0) is 23.1 Å². The summed E-state index contributed by atoms with van der Waals surface area (Å²) in [4.78, 5) is 0. The van der Waals surface area contributed by atoms with E-state index in [1.54, 1.807) is 16.9 Å². The highest BCUT2D eigenvalue weighted by Gasteiger charge is 2.17. The Balaban J connectivity index is 1.84. The van der Waals surface area contributed by atoms with Crippen LogP contribution in [0.1, 0.15) is 12.2 Å². The van der Waals surface area contributed by atoms with Crippen LogP contribution < -0.4 is 10.5 Å². The lowest BCUT2D eigenvalue weighted by atomic mass is 10.4. The van der Waals surface area contributed by atoms with Crippen molar-refractivity contribution in [2.45, 2.75) is 24.6 Å². The SMILES string of the molecule is NCc1ccc(S(=O)(=O)NCCCn2cccn2)o1. The summed E-state index contributed by atoms with van der Waals surface area (Å²) >= 11 is 0. The van der Waals surface area contributed by atoms with E-state index >= 15 is 0 Å². The number of sulfonamides is 1. The van der Waals surface area contributed by atoms with Crippen molar-refractivity contribution >= 4 is 10.0 Å². The molecule has 2 rings (SSSR count). The Morgan fingerprint density at radius 1 is 1.42 bits per heavy atom. The molecule has 7 nitrogen and oxygen atoms in total. The summed E-state index contributed by atoms with van der Waals surface area (Å²) in [5, 5.41) is 3.93. The van der Waals surface area contributed by atoms with E-state index in [0.29, 0.717) is 25.3 Å². The summed E-state index contributed by atoms with van der Waals surface area (Å²) in [5.41, 5.74) is 5.36. The van der Waals surface area contributed by atoms with E-state index in [9.17, 15) is 8.42 Å². The molecule has 0 bridgehead atoms. The van der Waals surface area contributed by atoms with E-state index < -0.39 is 10.0 Å². The van der Waals surface area contributed by atoms with Crippen molar-refractivity contribution in [3.05, 3.63) is 36.4 Å². The quantitative estimate of drug-likeness (QED) is 0.712. The molecule has 2 aromatic heterocycles. The Morgan fingerprint density at radius 3 is 2.89 bits per heavy atom. The van der Waals surface area contributed by atoms with Crippen LogP contribution in [0.25, 0.3) is 0 Å². The van der Waals surface area contributed by atoms with E-state index in [-0.39, 0.29) is 11.6 Å². The summed E-state index contributed by atoms with van der Waals surface area (Å²) in [6.45, 7) is 1.15. The van der Waals surface area contributed by atoms with E-state index in [1.165, 1.54) is 6.07 Å². The summed E-state index contributed by atoms with van der Waals surface area (Å²) in [5.74, 6) is 0.442. The second-order valence-corrected chi connectivity index (χ2v) is 5.64. The van der Waals surface area contributed by atoms with Gasteiger partial charge in [-0.25, -0.2) is 13.1 Å². The molecule has 2 aromatic rings. The van der Waals surface area contributed by atoms with Crippen molar-refractivity contribution < 1.29 is 12.8 Å². The van der Waals surface area contributed by atoms with Crippen LogP contribution in [0.2, 0.25) is 0 Å². The Hall–Kier alpha value is -1.64. The molecule has 0 unspecified atom stereocenters. The number of hydrogen-bond acceptors (Lipinski definition) is 5. The zero-order valence-electron chi connectivity index (χ0n) is 10.3. The fourth-order valence-electron chi connectivity index (χ4n) is 1.56. The first-order chi connectivity index (χ1) is 9.12. The van der Waals surface area contributed by atoms with Gasteiger partial charge >= 0.3 is 0 Å². The van der Waals surface area contributed by atoms with Crippen molar-refractivity contribution in [1.29, 1.82) is 0 Å². The summed E-state index contributed by atoms with van der Waals surface area (Å²) in [7, 11) is -3.59. The van der Waals surface area contributed by atoms with Crippen LogP contribution in [0.4, 0.5) is 0 Å². The van der Waals surface area contributed by atoms with Crippen molar-refractivity contribution in [1.82, 2.24) is 14.5 Å². The molecule has 0 radical (unpaired) electrons. The second-order valence-electron chi connectivity index (χ2n) is 3.95. The number of nitrogens with one attached hydrogen (secondary N) is 1. The van der Waals surface area contributed by atoms with E-state index in [0.717, 1.165) is 0 Å². The van der Waals surface area contributed by atoms with Crippen LogP contribution in [0.15, 0.2) is 40.1 Å². The highest BCUT2D eigenvalue weighted by molar-refractivity contribution is 7.89. The molecule has 0 aliphatic rings. The highest BCUT2D eigenvalue weighted by atomic mass is 32.2. The fraction of sp³-hybridized carbons (Fsp3) is 0.364. The third-order valence-corrected chi connectivity index (χ3v) is 3.85. The normalized spacial score (nSPS) is 11.8. The zero-order chi connectivity index (χ0) is 13.7. The molecule has 104 valence electrons. The van der Waals surface area contributed by atoms with Crippen molar-refractivity contribution in [2.24, 2.45) is 5.73 Å². The van der Waals surface area contributed by atoms with Gasteiger partial charge in [-0.3, -0.25) is 4.68 Å². The smallest absolute Gasteiger partial charge is 0.273 e. The molecule has 2 heterocycles. The standard InChI is InChI=1S/C11H16N4O3S/c12-9-10-3-4-11(18-10)19(16,17)14-6-2-8-15-7-1-5-13-15/h1,3-5,7,14H,2,6,8-9,12H2. The molecule has 0 saturated carbocycles. The van der Waals surface area contributed by atoms with Crippen LogP contribution in [0, 0.1) is 0 Å². The fourth-order valence-corrected chi connectivity index (χ4v) is 2.58. The van der Waals surface area contributed by atoms with Crippen LogP contribution in [0.5, 0.6) is 0 Å². The minimum absolute atomic E-state index is 0.105. The number of aromatic nitrogens is 2. The molecule has 0 aromatic carbocycles. The lowest BCUT2D eigenvalue weighted by Gasteiger charge is -2.04. The maximum atomic E-state index is 11.9. The predicted molar refractivity (Wildman–Crippen MR) is 68.6 cm³/mol. The van der Waals surface area contributed by atoms with Gasteiger partial charge in [-0.1, -0.05) is 0 Å². The summed E-state index contributed by atoms with van der Waals surface area (Å²) < 4.78 is 33.0. The van der Waals surface area contributed by atoms with Crippen LogP contribution in [-0.4, -0.2) is 24.7 Å². The predicted octanol–water partition coefficient (Wildman–Crippen LogP) is 0.303. The molecule has 3 N–H and O–H groups in total. The molecule has 19 heavy (non-hydrogen) atoms. The van der Waals surface area contributed by atoms with Gasteiger partial charge in [0.15, 0.2) is 0 Å². The molecular weight excluding hydrogens is 268 g/mol. The number of furan rings is 1. The van der Waals surface area contributed by atoms with Gasteiger partial charge in [-0.15, -0.1) is 0 Å². The number of hydrogen-bond donors (Lipinski definition) is 2. The Bertz CT molecular complexity index is 604. The first-order valence-corrected chi connectivity index (χ1v) is 7.36. The Labute approximate surface area is 111 Å². The molecule has 0 fully saturated rings. The number of aryl methyl sites for hydroxylation is 1. The van der Waals surface area contributed by atoms with Crippen molar-refractivity contribution in [3.8, 4) is 0 Å². The zero-order valence-corrected chi connectivity index (χ0v) is 11.1. The minimum Gasteiger partial charge on any atom is -0.447 e. The molecular formula is C11H16N4O3S. The van der Waals surface area contributed by atoms with Crippen molar-refractivity contribution in [3.63, 3.8) is 0 Å². The molecule has 8 heteroatoms. The largest absolute Gasteiger partial charge is 0.447 e. The van der Waals surface area contributed by atoms with Crippen LogP contribution >= 0.6 is 0 Å². The highest BCUT2D eigenvalue weighted by Crippen LogP contribution is 2.12. The van der Waals surface area contributed by atoms with Gasteiger partial charge in [0.2, 0.25) is 5.09 Å². The lowest BCUT2D eigenvalue weighted by molar-refractivity contribution is 0.412. The van der Waals surface area contributed by atoms with Gasteiger partial charge in [-0.2, -0.15) is 5.10 Å². The monoisotopic (exact) mass is 284 g/mol. The molecule has 0 spiro atoms. The van der Waals surface area contributed by atoms with Gasteiger partial charge in [0.25, 0.3) is 10.0 Å². The van der Waals surface area contributed by atoms with Crippen molar-refractivity contribution in [2.75, 3.05) is 6.54 Å². The topological polar surface area (TPSA) is 103 Å². The average molecular weight is 284 g/mol. The lowest BCUT2D eigenvalue weighted by Crippen LogP contribution is -2.25. The van der Waals surface area contributed by atoms with Gasteiger partial charge in [-0.05, 0) is 24.6 Å². The summed E-state index contributed by atoms with van der Waals surface area (Å²) in [6.07, 6.45) is 4.15. The number of rotatable bonds is 7. The van der Waals surface area contributed by atoms with E-state index in [4.69, 9.17) is 10.2 Å². The Kier molecular flexibility index (Phi) is 4.35. The van der Waals surface area contributed by atoms with E-state index in [1.807, 2.05) is 12.3 Å². The maximum Gasteiger partial charge on any atom is 0.273 e. The molecule has 0 atom stereocenters. The number of nitrogens with two attached hydrogens (primary N) is 1. The minimum atomic E-state index is -3.59. The molecule has 0 amide bonds. The van der Waals surface area contributed by atoms with Gasteiger partial charge in [0, 0.05) is 25.5 Å². The Morgan fingerprint density at radius 2 is 2.26 bits per heavy atom. The molecule has 0 saturated heterocycles. The second kappa shape index (κ2) is 6.00. The maximum absolute atomic E-state index is 11.9. The first-order valence-electron chi connectivity index (χ1n) is 5.88. The van der Waals surface area contributed by atoms with Gasteiger partial charge < -0.3 is 10.2 Å². The molecule has 0 aliphatic heterocycles. The number of nitrogens with zero attached hydrogens (tertiary/aromatic N) is 2. The first kappa shape index (κ1) is 13.8. The summed E-state index contributed by atoms with van der Waals surface area (Å²) in [6, 6.07) is 4.78. The van der Waals surface area contributed by atoms with Crippen LogP contribution in [0.3, 0.4) is 0 Å². The molecule has 0 aliphatic carbocycles. The third kappa shape index (κ3) is 3.66. The third-order valence-electron chi connectivity index (χ3n) is 2.52. The van der Waals surface area contributed by atoms with Gasteiger partial charge in [0.1, 0.15) is 5.76 Å². The van der Waals surface area contributed by atoms with Gasteiger partial charge in [0.05, 0.1) is 6.54 Å².